The van der Waals surface area contributed by atoms with Gasteiger partial charge in [0.25, 0.3) is 0 Å². The Hall–Kier alpha value is -3.78. The third-order valence-electron chi connectivity index (χ3n) is 4.39. The average molecular weight is 437 g/mol. The lowest BCUT2D eigenvalue weighted by Gasteiger charge is -2.08. The van der Waals surface area contributed by atoms with Gasteiger partial charge in [-0.2, -0.15) is 8.42 Å². The molecule has 0 atom stereocenters. The topological polar surface area (TPSA) is 82.0 Å². The van der Waals surface area contributed by atoms with E-state index in [4.69, 9.17) is 8.92 Å². The summed E-state index contributed by atoms with van der Waals surface area (Å²) in [4.78, 5) is 16.3. The first-order valence-corrected chi connectivity index (χ1v) is 10.6. The van der Waals surface area contributed by atoms with Crippen molar-refractivity contribution in [2.45, 2.75) is 11.8 Å². The van der Waals surface area contributed by atoms with E-state index >= 15 is 0 Å². The van der Waals surface area contributed by atoms with Crippen molar-refractivity contribution in [3.63, 3.8) is 0 Å². The second kappa shape index (κ2) is 8.16. The third kappa shape index (κ3) is 4.70. The summed E-state index contributed by atoms with van der Waals surface area (Å²) in [7, 11) is -4.00. The standard InChI is InChI=1S/C23H16FNO5S/c1-15-5-11-20(12-6-15)31(27,28)30-19-4-2-3-16(13-19)14-21-23(26)29-22(25-21)17-7-9-18(24)10-8-17/h2-14H,1H3/b21-14+. The zero-order valence-corrected chi connectivity index (χ0v) is 17.1. The van der Waals surface area contributed by atoms with Gasteiger partial charge in [-0.05, 0) is 67.1 Å². The second-order valence-corrected chi connectivity index (χ2v) is 8.31. The summed E-state index contributed by atoms with van der Waals surface area (Å²) < 4.78 is 48.4. The number of hydrogen-bond donors (Lipinski definition) is 0. The molecule has 0 saturated heterocycles. The Morgan fingerprint density at radius 2 is 1.71 bits per heavy atom. The van der Waals surface area contributed by atoms with Crippen molar-refractivity contribution in [3.05, 3.63) is 101 Å². The number of aliphatic imine (C=N–C) groups is 1. The lowest BCUT2D eigenvalue weighted by molar-refractivity contribution is -0.129. The molecule has 0 saturated carbocycles. The van der Waals surface area contributed by atoms with E-state index in [1.54, 1.807) is 24.3 Å². The number of carbonyl (C=O) groups excluding carboxylic acids is 1. The Morgan fingerprint density at radius 3 is 2.42 bits per heavy atom. The van der Waals surface area contributed by atoms with Crippen molar-refractivity contribution in [1.82, 2.24) is 0 Å². The first-order valence-electron chi connectivity index (χ1n) is 9.20. The van der Waals surface area contributed by atoms with E-state index < -0.39 is 21.9 Å². The van der Waals surface area contributed by atoms with E-state index in [0.717, 1.165) is 5.56 Å². The van der Waals surface area contributed by atoms with E-state index in [2.05, 4.69) is 4.99 Å². The number of carbonyl (C=O) groups is 1. The van der Waals surface area contributed by atoms with Gasteiger partial charge in [-0.25, -0.2) is 14.2 Å². The molecule has 0 unspecified atom stereocenters. The largest absolute Gasteiger partial charge is 0.402 e. The zero-order valence-electron chi connectivity index (χ0n) is 16.3. The Labute approximate surface area is 178 Å². The monoisotopic (exact) mass is 437 g/mol. The minimum Gasteiger partial charge on any atom is -0.402 e. The molecule has 156 valence electrons. The molecule has 3 aromatic rings. The summed E-state index contributed by atoms with van der Waals surface area (Å²) in [6.07, 6.45) is 1.45. The Bertz CT molecular complexity index is 1310. The maximum Gasteiger partial charge on any atom is 0.363 e. The van der Waals surface area contributed by atoms with Crippen LogP contribution in [-0.2, 0) is 19.6 Å². The van der Waals surface area contributed by atoms with E-state index in [9.17, 15) is 17.6 Å². The van der Waals surface area contributed by atoms with Crippen LogP contribution < -0.4 is 4.18 Å². The normalized spacial score (nSPS) is 15.0. The van der Waals surface area contributed by atoms with Crippen LogP contribution in [-0.4, -0.2) is 20.3 Å². The van der Waals surface area contributed by atoms with Gasteiger partial charge in [-0.1, -0.05) is 29.8 Å². The third-order valence-corrected chi connectivity index (χ3v) is 5.65. The quantitative estimate of drug-likeness (QED) is 0.339. The molecular weight excluding hydrogens is 421 g/mol. The summed E-state index contributed by atoms with van der Waals surface area (Å²) in [5.74, 6) is -0.936. The van der Waals surface area contributed by atoms with Gasteiger partial charge in [0, 0.05) is 5.56 Å². The average Bonchev–Trinajstić information content (AvgIpc) is 3.09. The van der Waals surface area contributed by atoms with E-state index in [-0.39, 0.29) is 22.2 Å². The fourth-order valence-corrected chi connectivity index (χ4v) is 3.74. The van der Waals surface area contributed by atoms with E-state index in [1.165, 1.54) is 54.6 Å². The molecule has 0 aliphatic carbocycles. The molecule has 31 heavy (non-hydrogen) atoms. The Kier molecular flexibility index (Phi) is 5.39. The number of cyclic esters (lactones) is 1. The van der Waals surface area contributed by atoms with Crippen LogP contribution in [0.5, 0.6) is 5.75 Å². The minimum atomic E-state index is -4.00. The highest BCUT2D eigenvalue weighted by Crippen LogP contribution is 2.24. The van der Waals surface area contributed by atoms with Crippen molar-refractivity contribution < 1.29 is 26.5 Å². The molecule has 0 N–H and O–H groups in total. The van der Waals surface area contributed by atoms with Gasteiger partial charge in [-0.3, -0.25) is 0 Å². The van der Waals surface area contributed by atoms with E-state index in [1.807, 2.05) is 6.92 Å². The number of aryl methyl sites for hydroxylation is 1. The van der Waals surface area contributed by atoms with Gasteiger partial charge < -0.3 is 8.92 Å². The number of halogens is 1. The van der Waals surface area contributed by atoms with Crippen LogP contribution in [0.15, 0.2) is 88.4 Å². The Morgan fingerprint density at radius 1 is 1.00 bits per heavy atom. The number of ether oxygens (including phenoxy) is 1. The van der Waals surface area contributed by atoms with E-state index in [0.29, 0.717) is 11.1 Å². The highest BCUT2D eigenvalue weighted by molar-refractivity contribution is 7.87. The predicted octanol–water partition coefficient (Wildman–Crippen LogP) is 4.25. The molecule has 3 aromatic carbocycles. The van der Waals surface area contributed by atoms with Gasteiger partial charge in [0.15, 0.2) is 5.70 Å². The molecule has 0 amide bonds. The summed E-state index contributed by atoms with van der Waals surface area (Å²) in [5.41, 5.74) is 1.90. The van der Waals surface area contributed by atoms with Crippen LogP contribution in [0.25, 0.3) is 6.08 Å². The molecule has 4 rings (SSSR count). The lowest BCUT2D eigenvalue weighted by atomic mass is 10.2. The van der Waals surface area contributed by atoms with Crippen LogP contribution in [0.1, 0.15) is 16.7 Å². The molecule has 0 spiro atoms. The van der Waals surface area contributed by atoms with Gasteiger partial charge in [0.1, 0.15) is 16.5 Å². The number of rotatable bonds is 5. The molecule has 1 heterocycles. The van der Waals surface area contributed by atoms with Gasteiger partial charge in [0.05, 0.1) is 0 Å². The van der Waals surface area contributed by atoms with Crippen molar-refractivity contribution in [1.29, 1.82) is 0 Å². The van der Waals surface area contributed by atoms with Crippen LogP contribution in [0, 0.1) is 12.7 Å². The molecule has 0 aromatic heterocycles. The summed E-state index contributed by atoms with van der Waals surface area (Å²) in [6, 6.07) is 17.9. The lowest BCUT2D eigenvalue weighted by Crippen LogP contribution is -2.09. The first kappa shape index (κ1) is 20.5. The molecule has 6 nitrogen and oxygen atoms in total. The molecule has 1 aliphatic rings. The highest BCUT2D eigenvalue weighted by Gasteiger charge is 2.24. The number of nitrogens with zero attached hydrogens (tertiary/aromatic N) is 1. The van der Waals surface area contributed by atoms with Crippen molar-refractivity contribution >= 4 is 28.1 Å². The maximum atomic E-state index is 13.1. The highest BCUT2D eigenvalue weighted by atomic mass is 32.2. The SMILES string of the molecule is Cc1ccc(S(=O)(=O)Oc2cccc(/C=C3/N=C(c4ccc(F)cc4)OC3=O)c2)cc1. The minimum absolute atomic E-state index is 0.0258. The van der Waals surface area contributed by atoms with Gasteiger partial charge >= 0.3 is 16.1 Å². The summed E-state index contributed by atoms with van der Waals surface area (Å²) >= 11 is 0. The van der Waals surface area contributed by atoms with Gasteiger partial charge in [0.2, 0.25) is 5.90 Å². The Balaban J connectivity index is 1.58. The van der Waals surface area contributed by atoms with Crippen LogP contribution in [0.4, 0.5) is 4.39 Å². The van der Waals surface area contributed by atoms with Gasteiger partial charge in [-0.15, -0.1) is 0 Å². The zero-order chi connectivity index (χ0) is 22.0. The molecule has 0 fully saturated rings. The number of benzene rings is 3. The molecule has 8 heteroatoms. The predicted molar refractivity (Wildman–Crippen MR) is 112 cm³/mol. The smallest absolute Gasteiger partial charge is 0.363 e. The number of esters is 1. The van der Waals surface area contributed by atoms with Crippen LogP contribution in [0.2, 0.25) is 0 Å². The summed E-state index contributed by atoms with van der Waals surface area (Å²) in [6.45, 7) is 1.85. The van der Waals surface area contributed by atoms with Crippen molar-refractivity contribution in [2.24, 2.45) is 4.99 Å². The first-order chi connectivity index (χ1) is 14.8. The van der Waals surface area contributed by atoms with Crippen LogP contribution in [0.3, 0.4) is 0 Å². The fourth-order valence-electron chi connectivity index (χ4n) is 2.82. The van der Waals surface area contributed by atoms with Crippen molar-refractivity contribution in [2.75, 3.05) is 0 Å². The molecule has 0 radical (unpaired) electrons. The fraction of sp³-hybridized carbons (Fsp3) is 0.0435. The second-order valence-electron chi connectivity index (χ2n) is 6.77. The molecule has 0 bridgehead atoms. The maximum absolute atomic E-state index is 13.1. The molecule has 1 aliphatic heterocycles. The van der Waals surface area contributed by atoms with Crippen molar-refractivity contribution in [3.8, 4) is 5.75 Å². The van der Waals surface area contributed by atoms with Crippen LogP contribution >= 0.6 is 0 Å². The summed E-state index contributed by atoms with van der Waals surface area (Å²) in [5, 5.41) is 0. The molecular formula is C23H16FNO5S. The number of hydrogen-bond acceptors (Lipinski definition) is 6.